The monoisotopic (exact) mass is 313 g/mol. The van der Waals surface area contributed by atoms with Gasteiger partial charge in [-0.3, -0.25) is 4.79 Å². The Morgan fingerprint density at radius 2 is 2.05 bits per heavy atom. The highest BCUT2D eigenvalue weighted by Gasteiger charge is 2.31. The molecule has 1 saturated heterocycles. The number of nitrogens with zero attached hydrogens (tertiary/aromatic N) is 1. The molecule has 0 spiro atoms. The lowest BCUT2D eigenvalue weighted by molar-refractivity contribution is -0.138. The number of piperidine rings is 1. The molecule has 21 heavy (non-hydrogen) atoms. The van der Waals surface area contributed by atoms with E-state index in [2.05, 4.69) is 0 Å². The van der Waals surface area contributed by atoms with Gasteiger partial charge >= 0.3 is 5.97 Å². The molecule has 0 radical (unpaired) electrons. The summed E-state index contributed by atoms with van der Waals surface area (Å²) in [5.74, 6) is -0.413. The van der Waals surface area contributed by atoms with Crippen molar-refractivity contribution in [2.24, 2.45) is 5.92 Å². The molecule has 1 atom stereocenters. The van der Waals surface area contributed by atoms with Gasteiger partial charge in [-0.05, 0) is 43.0 Å². The first-order valence-electron chi connectivity index (χ1n) is 6.79. The number of ether oxygens (including phenoxy) is 1. The summed E-state index contributed by atoms with van der Waals surface area (Å²) in [7, 11) is -2.05. The van der Waals surface area contributed by atoms with Crippen molar-refractivity contribution in [3.8, 4) is 5.75 Å². The van der Waals surface area contributed by atoms with Crippen molar-refractivity contribution in [3.05, 3.63) is 24.3 Å². The number of aliphatic carboxylic acids is 1. The zero-order chi connectivity index (χ0) is 15.5. The van der Waals surface area contributed by atoms with Crippen LogP contribution in [-0.4, -0.2) is 44.0 Å². The number of benzene rings is 1. The predicted molar refractivity (Wildman–Crippen MR) is 76.7 cm³/mol. The van der Waals surface area contributed by atoms with Crippen LogP contribution in [0.15, 0.2) is 29.2 Å². The lowest BCUT2D eigenvalue weighted by atomic mass is 9.96. The van der Waals surface area contributed by atoms with Gasteiger partial charge in [-0.15, -0.1) is 0 Å². The first-order valence-corrected chi connectivity index (χ1v) is 8.23. The number of hydrogen-bond donors (Lipinski definition) is 1. The van der Waals surface area contributed by atoms with Crippen LogP contribution in [0.2, 0.25) is 0 Å². The Labute approximate surface area is 124 Å². The molecular formula is C14H19NO5S. The van der Waals surface area contributed by atoms with Gasteiger partial charge < -0.3 is 9.84 Å². The average molecular weight is 313 g/mol. The van der Waals surface area contributed by atoms with Crippen LogP contribution in [0.25, 0.3) is 0 Å². The van der Waals surface area contributed by atoms with Gasteiger partial charge in [-0.1, -0.05) is 0 Å². The standard InChI is InChI=1S/C14H19NO5S/c1-20-12-4-6-13(7-5-12)21(18,19)15-8-2-3-11(10-15)9-14(16)17/h4-7,11H,2-3,8-10H2,1H3,(H,16,17). The molecule has 1 aromatic carbocycles. The Bertz CT molecular complexity index is 596. The third-order valence-corrected chi connectivity index (χ3v) is 5.52. The number of carbonyl (C=O) groups is 1. The summed E-state index contributed by atoms with van der Waals surface area (Å²) < 4.78 is 31.5. The van der Waals surface area contributed by atoms with Gasteiger partial charge in [-0.25, -0.2) is 8.42 Å². The fourth-order valence-corrected chi connectivity index (χ4v) is 4.11. The van der Waals surface area contributed by atoms with Gasteiger partial charge in [0.25, 0.3) is 0 Å². The Hall–Kier alpha value is -1.60. The van der Waals surface area contributed by atoms with Crippen LogP contribution < -0.4 is 4.74 Å². The molecular weight excluding hydrogens is 294 g/mol. The smallest absolute Gasteiger partial charge is 0.303 e. The Morgan fingerprint density at radius 1 is 1.38 bits per heavy atom. The molecule has 2 rings (SSSR count). The fraction of sp³-hybridized carbons (Fsp3) is 0.500. The summed E-state index contributed by atoms with van der Waals surface area (Å²) in [5, 5.41) is 8.85. The molecule has 1 unspecified atom stereocenters. The van der Waals surface area contributed by atoms with Crippen molar-refractivity contribution < 1.29 is 23.1 Å². The summed E-state index contributed by atoms with van der Waals surface area (Å²) in [4.78, 5) is 11.0. The van der Waals surface area contributed by atoms with E-state index < -0.39 is 16.0 Å². The highest BCUT2D eigenvalue weighted by atomic mass is 32.2. The molecule has 0 bridgehead atoms. The maximum atomic E-state index is 12.6. The van der Waals surface area contributed by atoms with E-state index in [1.165, 1.54) is 23.5 Å². The molecule has 0 saturated carbocycles. The summed E-state index contributed by atoms with van der Waals surface area (Å²) in [6.07, 6.45) is 1.45. The van der Waals surface area contributed by atoms with E-state index in [1.807, 2.05) is 0 Å². The van der Waals surface area contributed by atoms with Crippen molar-refractivity contribution >= 4 is 16.0 Å². The highest BCUT2D eigenvalue weighted by Crippen LogP contribution is 2.26. The van der Waals surface area contributed by atoms with E-state index in [0.717, 1.165) is 6.42 Å². The van der Waals surface area contributed by atoms with E-state index >= 15 is 0 Å². The SMILES string of the molecule is COc1ccc(S(=O)(=O)N2CCCC(CC(=O)O)C2)cc1. The zero-order valence-electron chi connectivity index (χ0n) is 11.9. The molecule has 0 aliphatic carbocycles. The minimum absolute atomic E-state index is 0.00856. The van der Waals surface area contributed by atoms with Crippen LogP contribution in [0.3, 0.4) is 0 Å². The minimum Gasteiger partial charge on any atom is -0.497 e. The largest absolute Gasteiger partial charge is 0.497 e. The lowest BCUT2D eigenvalue weighted by Gasteiger charge is -2.31. The van der Waals surface area contributed by atoms with Gasteiger partial charge in [0.05, 0.1) is 12.0 Å². The summed E-state index contributed by atoms with van der Waals surface area (Å²) in [6, 6.07) is 6.22. The van der Waals surface area contributed by atoms with Crippen molar-refractivity contribution in [1.29, 1.82) is 0 Å². The van der Waals surface area contributed by atoms with Crippen molar-refractivity contribution in [2.75, 3.05) is 20.2 Å². The average Bonchev–Trinajstić information content (AvgIpc) is 2.47. The third kappa shape index (κ3) is 3.74. The van der Waals surface area contributed by atoms with E-state index in [9.17, 15) is 13.2 Å². The Kier molecular flexibility index (Phi) is 4.84. The summed E-state index contributed by atoms with van der Waals surface area (Å²) in [5.41, 5.74) is 0. The molecule has 1 aromatic rings. The molecule has 1 fully saturated rings. The van der Waals surface area contributed by atoms with E-state index in [1.54, 1.807) is 12.1 Å². The Morgan fingerprint density at radius 3 is 2.62 bits per heavy atom. The minimum atomic E-state index is -3.57. The highest BCUT2D eigenvalue weighted by molar-refractivity contribution is 7.89. The van der Waals surface area contributed by atoms with Crippen molar-refractivity contribution in [1.82, 2.24) is 4.31 Å². The molecule has 0 amide bonds. The predicted octanol–water partition coefficient (Wildman–Crippen LogP) is 1.57. The van der Waals surface area contributed by atoms with Gasteiger partial charge in [0.2, 0.25) is 10.0 Å². The van der Waals surface area contributed by atoms with Crippen LogP contribution in [0.5, 0.6) is 5.75 Å². The topological polar surface area (TPSA) is 83.9 Å². The maximum absolute atomic E-state index is 12.6. The second kappa shape index (κ2) is 6.44. The second-order valence-electron chi connectivity index (χ2n) is 5.14. The lowest BCUT2D eigenvalue weighted by Crippen LogP contribution is -2.40. The Balaban J connectivity index is 2.15. The van der Waals surface area contributed by atoms with Gasteiger partial charge in [0, 0.05) is 19.5 Å². The number of hydrogen-bond acceptors (Lipinski definition) is 4. The number of carboxylic acid groups (broad SMARTS) is 1. The van der Waals surface area contributed by atoms with Crippen molar-refractivity contribution in [2.45, 2.75) is 24.2 Å². The molecule has 1 heterocycles. The van der Waals surface area contributed by atoms with E-state index in [-0.39, 0.29) is 23.8 Å². The first-order chi connectivity index (χ1) is 9.93. The first kappa shape index (κ1) is 15.8. The molecule has 6 nitrogen and oxygen atoms in total. The number of rotatable bonds is 5. The number of carboxylic acids is 1. The molecule has 1 aliphatic rings. The van der Waals surface area contributed by atoms with Crippen LogP contribution >= 0.6 is 0 Å². The molecule has 1 aliphatic heterocycles. The number of methoxy groups -OCH3 is 1. The molecule has 1 N–H and O–H groups in total. The summed E-state index contributed by atoms with van der Waals surface area (Å²) >= 11 is 0. The van der Waals surface area contributed by atoms with Crippen LogP contribution in [-0.2, 0) is 14.8 Å². The maximum Gasteiger partial charge on any atom is 0.303 e. The molecule has 0 aromatic heterocycles. The van der Waals surface area contributed by atoms with E-state index in [4.69, 9.17) is 9.84 Å². The van der Waals surface area contributed by atoms with Crippen LogP contribution in [0.4, 0.5) is 0 Å². The molecule has 116 valence electrons. The molecule has 7 heteroatoms. The van der Waals surface area contributed by atoms with Crippen LogP contribution in [0.1, 0.15) is 19.3 Å². The third-order valence-electron chi connectivity index (χ3n) is 3.64. The van der Waals surface area contributed by atoms with Crippen LogP contribution in [0, 0.1) is 5.92 Å². The zero-order valence-corrected chi connectivity index (χ0v) is 12.7. The van der Waals surface area contributed by atoms with Crippen molar-refractivity contribution in [3.63, 3.8) is 0 Å². The quantitative estimate of drug-likeness (QED) is 0.892. The van der Waals surface area contributed by atoms with Gasteiger partial charge in [-0.2, -0.15) is 4.31 Å². The summed E-state index contributed by atoms with van der Waals surface area (Å²) in [6.45, 7) is 0.700. The second-order valence-corrected chi connectivity index (χ2v) is 7.08. The number of sulfonamides is 1. The fourth-order valence-electron chi connectivity index (χ4n) is 2.56. The van der Waals surface area contributed by atoms with Gasteiger partial charge in [0.15, 0.2) is 0 Å². The normalized spacial score (nSPS) is 20.1. The van der Waals surface area contributed by atoms with E-state index in [0.29, 0.717) is 18.7 Å². The van der Waals surface area contributed by atoms with Gasteiger partial charge in [0.1, 0.15) is 5.75 Å².